The number of carbonyl (C=O) groups is 2. The number of rotatable bonds is 6. The molecule has 0 amide bonds. The molecular weight excluding hydrogens is 462 g/mol. The maximum atomic E-state index is 13.4. The molecule has 2 aromatic rings. The summed E-state index contributed by atoms with van der Waals surface area (Å²) in [5.74, 6) is -32.3. The van der Waals surface area contributed by atoms with E-state index in [0.717, 1.165) is 0 Å². The Hall–Kier alpha value is -3.36. The summed E-state index contributed by atoms with van der Waals surface area (Å²) in [7, 11) is 0. The zero-order valence-electron chi connectivity index (χ0n) is 14.2. The Morgan fingerprint density at radius 3 is 0.935 bits per heavy atom. The highest BCUT2D eigenvalue weighted by atomic mass is 19.2. The van der Waals surface area contributed by atoms with E-state index in [-0.39, 0.29) is 0 Å². The first-order valence-electron chi connectivity index (χ1n) is 7.40. The average Bonchev–Trinajstić information content (AvgIpc) is 2.74. The van der Waals surface area contributed by atoms with E-state index < -0.39 is 94.8 Å². The molecule has 0 atom stereocenters. The lowest BCUT2D eigenvalue weighted by Gasteiger charge is -2.10. The molecule has 0 saturated carbocycles. The Morgan fingerprint density at radius 1 is 0.452 bits per heavy atom. The van der Waals surface area contributed by atoms with Gasteiger partial charge in [-0.05, 0) is 0 Å². The fraction of sp³-hybridized carbons (Fsp3) is 0.125. The van der Waals surface area contributed by atoms with Gasteiger partial charge in [-0.3, -0.25) is 0 Å². The van der Waals surface area contributed by atoms with Crippen molar-refractivity contribution in [2.24, 2.45) is 0 Å². The normalized spacial score (nSPS) is 10.9. The first kappa shape index (κ1) is 23.9. The second-order valence-electron chi connectivity index (χ2n) is 5.24. The average molecular weight is 466 g/mol. The van der Waals surface area contributed by atoms with Gasteiger partial charge in [-0.2, -0.15) is 17.6 Å². The van der Waals surface area contributed by atoms with Gasteiger partial charge in [0.25, 0.3) is 0 Å². The zero-order valence-corrected chi connectivity index (χ0v) is 14.2. The van der Waals surface area contributed by atoms with E-state index in [2.05, 4.69) is 14.2 Å². The number of benzene rings is 2. The number of hydrogen-bond acceptors (Lipinski definition) is 5. The number of halogens is 10. The van der Waals surface area contributed by atoms with Crippen molar-refractivity contribution in [2.45, 2.75) is 0 Å². The van der Waals surface area contributed by atoms with Gasteiger partial charge >= 0.3 is 11.9 Å². The maximum Gasteiger partial charge on any atom is 0.337 e. The Labute approximate surface area is 163 Å². The lowest BCUT2D eigenvalue weighted by molar-refractivity contribution is -0.146. The predicted molar refractivity (Wildman–Crippen MR) is 74.6 cm³/mol. The Kier molecular flexibility index (Phi) is 7.09. The predicted octanol–water partition coefficient (Wildman–Crippen LogP) is 3.61. The van der Waals surface area contributed by atoms with Crippen molar-refractivity contribution in [1.82, 2.24) is 0 Å². The number of hydrogen-bond donors (Lipinski definition) is 0. The van der Waals surface area contributed by atoms with Gasteiger partial charge in [0.05, 0.1) is 0 Å². The second-order valence-corrected chi connectivity index (χ2v) is 5.24. The lowest BCUT2D eigenvalue weighted by atomic mass is 10.2. The molecule has 0 radical (unpaired) electrons. The van der Waals surface area contributed by atoms with Crippen LogP contribution in [0.25, 0.3) is 0 Å². The van der Waals surface area contributed by atoms with Crippen LogP contribution in [0.1, 0.15) is 0 Å². The highest BCUT2D eigenvalue weighted by Crippen LogP contribution is 2.30. The van der Waals surface area contributed by atoms with Gasteiger partial charge in [0, 0.05) is 0 Å². The van der Waals surface area contributed by atoms with Crippen molar-refractivity contribution in [2.75, 3.05) is 13.2 Å². The molecule has 0 unspecified atom stereocenters. The summed E-state index contributed by atoms with van der Waals surface area (Å²) < 4.78 is 143. The van der Waals surface area contributed by atoms with Gasteiger partial charge in [-0.25, -0.2) is 35.9 Å². The van der Waals surface area contributed by atoms with Crippen LogP contribution >= 0.6 is 0 Å². The summed E-state index contributed by atoms with van der Waals surface area (Å²) in [6, 6.07) is 0. The number of carbonyl (C=O) groups excluding carboxylic acids is 2. The van der Waals surface area contributed by atoms with Gasteiger partial charge in [-0.1, -0.05) is 0 Å². The molecule has 0 fully saturated rings. The second kappa shape index (κ2) is 9.20. The van der Waals surface area contributed by atoms with E-state index in [1.54, 1.807) is 0 Å². The van der Waals surface area contributed by atoms with Gasteiger partial charge < -0.3 is 14.2 Å². The molecule has 15 heteroatoms. The van der Waals surface area contributed by atoms with Gasteiger partial charge in [-0.15, -0.1) is 0 Å². The van der Waals surface area contributed by atoms with Crippen molar-refractivity contribution >= 4 is 11.9 Å². The quantitative estimate of drug-likeness (QED) is 0.214. The van der Waals surface area contributed by atoms with E-state index in [1.165, 1.54) is 0 Å². The minimum absolute atomic E-state index is 1.40. The maximum absolute atomic E-state index is 13.4. The highest BCUT2D eigenvalue weighted by molar-refractivity contribution is 5.76. The van der Waals surface area contributed by atoms with Crippen LogP contribution in [0.5, 0.6) is 11.5 Å². The molecule has 0 saturated heterocycles. The van der Waals surface area contributed by atoms with Crippen LogP contribution in [0.4, 0.5) is 43.9 Å². The third-order valence-corrected chi connectivity index (χ3v) is 3.21. The molecule has 0 aliphatic carbocycles. The smallest absolute Gasteiger partial charge is 0.337 e. The summed E-state index contributed by atoms with van der Waals surface area (Å²) in [6.07, 6.45) is 0. The molecule has 0 aliphatic heterocycles. The van der Waals surface area contributed by atoms with Crippen LogP contribution in [0, 0.1) is 58.2 Å². The van der Waals surface area contributed by atoms with Gasteiger partial charge in [0.15, 0.2) is 0 Å². The minimum Gasteiger partial charge on any atom is -0.418 e. The first-order chi connectivity index (χ1) is 14.4. The minimum atomic E-state index is -2.53. The highest BCUT2D eigenvalue weighted by Gasteiger charge is 2.30. The van der Waals surface area contributed by atoms with Crippen LogP contribution in [0.3, 0.4) is 0 Å². The molecule has 0 spiro atoms. The molecule has 0 heterocycles. The summed E-state index contributed by atoms with van der Waals surface area (Å²) in [4.78, 5) is 22.7. The summed E-state index contributed by atoms with van der Waals surface area (Å²) in [5.41, 5.74) is 0. The third kappa shape index (κ3) is 4.70. The number of ether oxygens (including phenoxy) is 3. The van der Waals surface area contributed by atoms with Crippen LogP contribution in [0.15, 0.2) is 0 Å². The van der Waals surface area contributed by atoms with Crippen LogP contribution in [-0.2, 0) is 14.3 Å². The van der Waals surface area contributed by atoms with E-state index in [1.807, 2.05) is 0 Å². The Morgan fingerprint density at radius 2 is 0.677 bits per heavy atom. The molecule has 0 N–H and O–H groups in total. The van der Waals surface area contributed by atoms with Crippen LogP contribution in [0.2, 0.25) is 0 Å². The monoisotopic (exact) mass is 466 g/mol. The molecule has 0 aromatic heterocycles. The molecule has 0 aliphatic rings. The van der Waals surface area contributed by atoms with Crippen molar-refractivity contribution in [1.29, 1.82) is 0 Å². The number of esters is 2. The van der Waals surface area contributed by atoms with E-state index in [4.69, 9.17) is 0 Å². The fourth-order valence-corrected chi connectivity index (χ4v) is 1.85. The van der Waals surface area contributed by atoms with Crippen LogP contribution in [-0.4, -0.2) is 25.2 Å². The van der Waals surface area contributed by atoms with E-state index in [0.29, 0.717) is 0 Å². The van der Waals surface area contributed by atoms with E-state index in [9.17, 15) is 53.5 Å². The van der Waals surface area contributed by atoms with Gasteiger partial charge in [0.2, 0.25) is 69.7 Å². The molecular formula is C16H4F10O5. The largest absolute Gasteiger partial charge is 0.418 e. The zero-order chi connectivity index (χ0) is 23.6. The van der Waals surface area contributed by atoms with Gasteiger partial charge in [0.1, 0.15) is 13.2 Å². The van der Waals surface area contributed by atoms with Crippen LogP contribution < -0.4 is 9.47 Å². The standard InChI is InChI=1S/C16H4F10O5/c17-5-7(19)11(23)15(12(24)8(5)20)30-3(27)1-29-2-4(28)31-16-13(25)9(21)6(18)10(22)14(16)26/h1-2H2. The molecule has 168 valence electrons. The molecule has 31 heavy (non-hydrogen) atoms. The Bertz CT molecular complexity index is 930. The fourth-order valence-electron chi connectivity index (χ4n) is 1.85. The molecule has 5 nitrogen and oxygen atoms in total. The summed E-state index contributed by atoms with van der Waals surface area (Å²) in [5, 5.41) is 0. The molecule has 2 rings (SSSR count). The third-order valence-electron chi connectivity index (χ3n) is 3.21. The SMILES string of the molecule is O=C(COCC(=O)Oc1c(F)c(F)c(F)c(F)c1F)Oc1c(F)c(F)c(F)c(F)c1F. The molecule has 2 aromatic carbocycles. The van der Waals surface area contributed by atoms with E-state index >= 15 is 0 Å². The first-order valence-corrected chi connectivity index (χ1v) is 7.40. The topological polar surface area (TPSA) is 61.8 Å². The Balaban J connectivity index is 2.00. The summed E-state index contributed by atoms with van der Waals surface area (Å²) >= 11 is 0. The summed E-state index contributed by atoms with van der Waals surface area (Å²) in [6.45, 7) is -2.79. The lowest BCUT2D eigenvalue weighted by Crippen LogP contribution is -2.23. The van der Waals surface area contributed by atoms with Crippen molar-refractivity contribution in [3.05, 3.63) is 58.2 Å². The van der Waals surface area contributed by atoms with Crippen molar-refractivity contribution in [3.63, 3.8) is 0 Å². The van der Waals surface area contributed by atoms with Crippen molar-refractivity contribution in [3.8, 4) is 11.5 Å². The molecule has 0 bridgehead atoms. The van der Waals surface area contributed by atoms with Crippen molar-refractivity contribution < 1.29 is 67.7 Å².